The highest BCUT2D eigenvalue weighted by Crippen LogP contribution is 2.36. The SMILES string of the molecule is O=c1c2ccccc2n2c3cc4c5ccccc5n(-c5ccc(-c6ccccc6)cc5)c4cc3c(=O)c3cccc1c32. The van der Waals surface area contributed by atoms with Gasteiger partial charge in [0.25, 0.3) is 0 Å². The largest absolute Gasteiger partial charge is 0.309 e. The average molecular weight is 539 g/mol. The van der Waals surface area contributed by atoms with Gasteiger partial charge in [0.05, 0.1) is 27.6 Å². The first-order valence-electron chi connectivity index (χ1n) is 14.0. The zero-order valence-corrected chi connectivity index (χ0v) is 22.4. The van der Waals surface area contributed by atoms with Gasteiger partial charge in [-0.1, -0.05) is 78.9 Å². The second kappa shape index (κ2) is 8.38. The van der Waals surface area contributed by atoms with E-state index in [2.05, 4.69) is 75.7 Å². The lowest BCUT2D eigenvalue weighted by Crippen LogP contribution is -2.14. The molecule has 0 aliphatic rings. The molecule has 0 amide bonds. The quantitative estimate of drug-likeness (QED) is 0.164. The molecule has 4 heteroatoms. The highest BCUT2D eigenvalue weighted by atomic mass is 16.1. The summed E-state index contributed by atoms with van der Waals surface area (Å²) in [6.07, 6.45) is 0. The van der Waals surface area contributed by atoms with Gasteiger partial charge in [-0.2, -0.15) is 0 Å². The molecule has 0 spiro atoms. The van der Waals surface area contributed by atoms with E-state index in [0.717, 1.165) is 44.1 Å². The molecule has 9 aromatic rings. The van der Waals surface area contributed by atoms with Crippen molar-refractivity contribution in [3.8, 4) is 16.8 Å². The summed E-state index contributed by atoms with van der Waals surface area (Å²) < 4.78 is 4.35. The third kappa shape index (κ3) is 3.01. The molecule has 0 N–H and O–H groups in total. The van der Waals surface area contributed by atoms with Gasteiger partial charge >= 0.3 is 0 Å². The topological polar surface area (TPSA) is 43.5 Å². The van der Waals surface area contributed by atoms with Crippen molar-refractivity contribution in [1.82, 2.24) is 8.97 Å². The Kier molecular flexibility index (Phi) is 4.59. The Morgan fingerprint density at radius 2 is 0.952 bits per heavy atom. The van der Waals surface area contributed by atoms with Crippen molar-refractivity contribution in [3.05, 3.63) is 154 Å². The van der Waals surface area contributed by atoms with Crippen LogP contribution in [-0.2, 0) is 0 Å². The lowest BCUT2D eigenvalue weighted by atomic mass is 10.0. The molecule has 0 unspecified atom stereocenters. The van der Waals surface area contributed by atoms with Crippen LogP contribution in [-0.4, -0.2) is 8.97 Å². The molecule has 3 aromatic heterocycles. The number of aromatic nitrogens is 2. The Bertz CT molecular complexity index is 2650. The van der Waals surface area contributed by atoms with Crippen LogP contribution in [0.4, 0.5) is 0 Å². The average Bonchev–Trinajstić information content (AvgIpc) is 3.37. The Hall–Kier alpha value is -5.74. The molecular formula is C38H22N2O2. The highest BCUT2D eigenvalue weighted by Gasteiger charge is 2.20. The molecule has 0 aliphatic carbocycles. The van der Waals surface area contributed by atoms with Crippen LogP contribution in [0, 0.1) is 0 Å². The van der Waals surface area contributed by atoms with Gasteiger partial charge in [0.1, 0.15) is 0 Å². The van der Waals surface area contributed by atoms with Crippen LogP contribution in [0.2, 0.25) is 0 Å². The summed E-state index contributed by atoms with van der Waals surface area (Å²) in [5.74, 6) is 0. The second-order valence-corrected chi connectivity index (χ2v) is 10.9. The van der Waals surface area contributed by atoms with E-state index in [0.29, 0.717) is 27.1 Å². The van der Waals surface area contributed by atoms with Crippen molar-refractivity contribution in [3.63, 3.8) is 0 Å². The van der Waals surface area contributed by atoms with E-state index in [1.807, 2.05) is 66.7 Å². The molecule has 0 bridgehead atoms. The number of nitrogens with zero attached hydrogens (tertiary/aromatic N) is 2. The zero-order chi connectivity index (χ0) is 27.9. The van der Waals surface area contributed by atoms with E-state index in [1.54, 1.807) is 0 Å². The van der Waals surface area contributed by atoms with Crippen molar-refractivity contribution < 1.29 is 0 Å². The number of hydrogen-bond acceptors (Lipinski definition) is 2. The molecule has 0 saturated carbocycles. The van der Waals surface area contributed by atoms with Gasteiger partial charge in [-0.05, 0) is 65.7 Å². The number of rotatable bonds is 2. The molecule has 196 valence electrons. The third-order valence-electron chi connectivity index (χ3n) is 8.65. The van der Waals surface area contributed by atoms with Crippen molar-refractivity contribution in [2.24, 2.45) is 0 Å². The molecule has 0 radical (unpaired) electrons. The minimum Gasteiger partial charge on any atom is -0.309 e. The van der Waals surface area contributed by atoms with Crippen LogP contribution >= 0.6 is 0 Å². The predicted molar refractivity (Wildman–Crippen MR) is 173 cm³/mol. The van der Waals surface area contributed by atoms with Crippen molar-refractivity contribution >= 4 is 59.9 Å². The van der Waals surface area contributed by atoms with Crippen LogP contribution in [0.15, 0.2) is 143 Å². The van der Waals surface area contributed by atoms with E-state index < -0.39 is 0 Å². The van der Waals surface area contributed by atoms with Gasteiger partial charge < -0.3 is 8.97 Å². The summed E-state index contributed by atoms with van der Waals surface area (Å²) in [5, 5.41) is 4.54. The molecule has 3 heterocycles. The fourth-order valence-electron chi connectivity index (χ4n) is 6.75. The Labute approximate surface area is 239 Å². The smallest absolute Gasteiger partial charge is 0.197 e. The summed E-state index contributed by atoms with van der Waals surface area (Å²) >= 11 is 0. The first-order valence-corrected chi connectivity index (χ1v) is 14.0. The molecule has 0 fully saturated rings. The minimum atomic E-state index is -0.0663. The molecular weight excluding hydrogens is 516 g/mol. The van der Waals surface area contributed by atoms with E-state index >= 15 is 0 Å². The third-order valence-corrected chi connectivity index (χ3v) is 8.65. The molecule has 9 rings (SSSR count). The standard InChI is InChI=1S/C38H22N2O2/c41-37-27-12-5-7-16-33(27)40-35-21-30-26-11-4-6-15-32(26)39(25-19-17-24(18-20-25)23-9-2-1-3-10-23)34(30)22-31(35)38(42)29-14-8-13-28(37)36(29)40/h1-22H. The first-order chi connectivity index (χ1) is 20.7. The molecule has 0 atom stereocenters. The van der Waals surface area contributed by atoms with Crippen molar-refractivity contribution in [2.75, 3.05) is 0 Å². The molecule has 0 aliphatic heterocycles. The van der Waals surface area contributed by atoms with Gasteiger partial charge in [-0.25, -0.2) is 0 Å². The maximum atomic E-state index is 14.1. The van der Waals surface area contributed by atoms with E-state index in [4.69, 9.17) is 0 Å². The Morgan fingerprint density at radius 1 is 0.381 bits per heavy atom. The number of fused-ring (bicyclic) bond motifs is 7. The van der Waals surface area contributed by atoms with Gasteiger partial charge in [0.15, 0.2) is 10.9 Å². The van der Waals surface area contributed by atoms with Gasteiger partial charge in [-0.15, -0.1) is 0 Å². The predicted octanol–water partition coefficient (Wildman–Crippen LogP) is 8.32. The van der Waals surface area contributed by atoms with E-state index in [1.165, 1.54) is 5.56 Å². The number of benzene rings is 6. The Morgan fingerprint density at radius 3 is 1.71 bits per heavy atom. The lowest BCUT2D eigenvalue weighted by molar-refractivity contribution is 1.18. The van der Waals surface area contributed by atoms with Crippen LogP contribution in [0.1, 0.15) is 0 Å². The monoisotopic (exact) mass is 538 g/mol. The highest BCUT2D eigenvalue weighted by molar-refractivity contribution is 6.16. The number of para-hydroxylation sites is 3. The van der Waals surface area contributed by atoms with Crippen molar-refractivity contribution in [2.45, 2.75) is 0 Å². The van der Waals surface area contributed by atoms with E-state index in [-0.39, 0.29) is 10.9 Å². The summed E-state index contributed by atoms with van der Waals surface area (Å²) in [7, 11) is 0. The maximum Gasteiger partial charge on any atom is 0.197 e. The van der Waals surface area contributed by atoms with Gasteiger partial charge in [-0.3, -0.25) is 9.59 Å². The summed E-state index contributed by atoms with van der Waals surface area (Å²) in [4.78, 5) is 27.6. The molecule has 4 nitrogen and oxygen atoms in total. The summed E-state index contributed by atoms with van der Waals surface area (Å²) in [6.45, 7) is 0. The number of pyridine rings is 2. The van der Waals surface area contributed by atoms with Crippen LogP contribution in [0.25, 0.3) is 76.7 Å². The zero-order valence-electron chi connectivity index (χ0n) is 22.4. The fourth-order valence-corrected chi connectivity index (χ4v) is 6.75. The van der Waals surface area contributed by atoms with Gasteiger partial charge in [0.2, 0.25) is 0 Å². The van der Waals surface area contributed by atoms with Crippen molar-refractivity contribution in [1.29, 1.82) is 0 Å². The molecule has 42 heavy (non-hydrogen) atoms. The minimum absolute atomic E-state index is 0.0495. The van der Waals surface area contributed by atoms with Crippen LogP contribution in [0.3, 0.4) is 0 Å². The lowest BCUT2D eigenvalue weighted by Gasteiger charge is -2.15. The van der Waals surface area contributed by atoms with Crippen LogP contribution in [0.5, 0.6) is 0 Å². The summed E-state index contributed by atoms with van der Waals surface area (Å²) in [6, 6.07) is 44.6. The second-order valence-electron chi connectivity index (χ2n) is 10.9. The van der Waals surface area contributed by atoms with Gasteiger partial charge in [0, 0.05) is 38.0 Å². The first kappa shape index (κ1) is 23.0. The van der Waals surface area contributed by atoms with Crippen LogP contribution < -0.4 is 10.9 Å². The Balaban J connectivity index is 1.44. The molecule has 6 aromatic carbocycles. The summed E-state index contributed by atoms with van der Waals surface area (Å²) in [5.41, 5.74) is 7.56. The number of hydrogen-bond donors (Lipinski definition) is 0. The molecule has 0 saturated heterocycles. The fraction of sp³-hybridized carbons (Fsp3) is 0. The van der Waals surface area contributed by atoms with E-state index in [9.17, 15) is 9.59 Å². The maximum absolute atomic E-state index is 14.1. The normalized spacial score (nSPS) is 12.0.